The zero-order valence-electron chi connectivity index (χ0n) is 11.4. The van der Waals surface area contributed by atoms with Crippen molar-refractivity contribution < 1.29 is 24.5 Å². The molecular weight excluding hydrogens is 262 g/mol. The summed E-state index contributed by atoms with van der Waals surface area (Å²) in [6.07, 6.45) is 0.632. The number of amides is 1. The molecule has 6 heteroatoms. The summed E-state index contributed by atoms with van der Waals surface area (Å²) < 4.78 is 4.96. The lowest BCUT2D eigenvalue weighted by atomic mass is 10.0. The fourth-order valence-electron chi connectivity index (χ4n) is 2.57. The first-order valence-electron chi connectivity index (χ1n) is 6.37. The maximum Gasteiger partial charge on any atom is 0.326 e. The van der Waals surface area contributed by atoms with Crippen LogP contribution < -0.4 is 4.74 Å². The number of carboxylic acid groups (broad SMARTS) is 1. The molecule has 1 aromatic rings. The summed E-state index contributed by atoms with van der Waals surface area (Å²) in [5, 5.41) is 19.2. The van der Waals surface area contributed by atoms with Gasteiger partial charge in [0.05, 0.1) is 12.7 Å². The van der Waals surface area contributed by atoms with Gasteiger partial charge in [-0.05, 0) is 24.5 Å². The zero-order valence-corrected chi connectivity index (χ0v) is 11.4. The van der Waals surface area contributed by atoms with Gasteiger partial charge in [-0.1, -0.05) is 13.0 Å². The topological polar surface area (TPSA) is 87.1 Å². The Labute approximate surface area is 116 Å². The Kier molecular flexibility index (Phi) is 3.83. The highest BCUT2D eigenvalue weighted by atomic mass is 16.5. The first-order chi connectivity index (χ1) is 9.47. The van der Waals surface area contributed by atoms with Gasteiger partial charge in [0.2, 0.25) is 0 Å². The number of nitrogens with zero attached hydrogens (tertiary/aromatic N) is 1. The molecule has 0 saturated carbocycles. The van der Waals surface area contributed by atoms with Gasteiger partial charge in [0, 0.05) is 6.54 Å². The second kappa shape index (κ2) is 5.40. The summed E-state index contributed by atoms with van der Waals surface area (Å²) in [6.45, 7) is 2.17. The average Bonchev–Trinajstić information content (AvgIpc) is 2.80. The van der Waals surface area contributed by atoms with Crippen LogP contribution in [0, 0.1) is 5.92 Å². The first-order valence-corrected chi connectivity index (χ1v) is 6.37. The molecule has 1 saturated heterocycles. The highest BCUT2D eigenvalue weighted by Crippen LogP contribution is 2.33. The number of carboxylic acids is 1. The number of ether oxygens (including phenoxy) is 1. The molecule has 0 aromatic heterocycles. The Morgan fingerprint density at radius 2 is 2.10 bits per heavy atom. The zero-order chi connectivity index (χ0) is 14.9. The van der Waals surface area contributed by atoms with E-state index in [1.165, 1.54) is 24.1 Å². The van der Waals surface area contributed by atoms with E-state index < -0.39 is 17.9 Å². The number of carbonyl (C=O) groups excluding carboxylic acids is 1. The molecule has 0 aliphatic carbocycles. The lowest BCUT2D eigenvalue weighted by molar-refractivity contribution is -0.142. The molecule has 0 radical (unpaired) electrons. The molecule has 0 spiro atoms. The summed E-state index contributed by atoms with van der Waals surface area (Å²) in [7, 11) is 1.39. The van der Waals surface area contributed by atoms with Crippen LogP contribution in [0.3, 0.4) is 0 Å². The van der Waals surface area contributed by atoms with E-state index in [-0.39, 0.29) is 23.0 Å². The predicted molar refractivity (Wildman–Crippen MR) is 70.9 cm³/mol. The minimum absolute atomic E-state index is 0.0599. The minimum atomic E-state index is -1.02. The van der Waals surface area contributed by atoms with Crippen LogP contribution in [0.25, 0.3) is 0 Å². The van der Waals surface area contributed by atoms with Gasteiger partial charge >= 0.3 is 5.97 Å². The van der Waals surface area contributed by atoms with Crippen LogP contribution in [-0.2, 0) is 4.79 Å². The van der Waals surface area contributed by atoms with Crippen LogP contribution in [0.2, 0.25) is 0 Å². The van der Waals surface area contributed by atoms with Gasteiger partial charge in [-0.15, -0.1) is 0 Å². The molecule has 1 amide bonds. The normalized spacial score (nSPS) is 21.8. The maximum atomic E-state index is 12.4. The fourth-order valence-corrected chi connectivity index (χ4v) is 2.57. The Morgan fingerprint density at radius 1 is 1.40 bits per heavy atom. The van der Waals surface area contributed by atoms with E-state index >= 15 is 0 Å². The number of phenolic OH excluding ortho intramolecular Hbond substituents is 1. The van der Waals surface area contributed by atoms with E-state index in [1.807, 2.05) is 0 Å². The number of aliphatic carboxylic acids is 1. The summed E-state index contributed by atoms with van der Waals surface area (Å²) >= 11 is 0. The quantitative estimate of drug-likeness (QED) is 0.871. The maximum absolute atomic E-state index is 12.4. The number of likely N-dealkylation sites (tertiary alicyclic amines) is 1. The van der Waals surface area contributed by atoms with Gasteiger partial charge in [-0.3, -0.25) is 4.79 Å². The van der Waals surface area contributed by atoms with Crippen LogP contribution in [0.4, 0.5) is 0 Å². The van der Waals surface area contributed by atoms with E-state index in [0.717, 1.165) is 0 Å². The highest BCUT2D eigenvalue weighted by Gasteiger charge is 2.40. The van der Waals surface area contributed by atoms with Crippen LogP contribution in [0.5, 0.6) is 11.5 Å². The van der Waals surface area contributed by atoms with Crippen molar-refractivity contribution in [3.63, 3.8) is 0 Å². The number of carbonyl (C=O) groups is 2. The summed E-state index contributed by atoms with van der Waals surface area (Å²) in [6, 6.07) is 3.73. The van der Waals surface area contributed by atoms with Gasteiger partial charge in [0.1, 0.15) is 6.04 Å². The molecule has 108 valence electrons. The number of para-hydroxylation sites is 1. The third-order valence-electron chi connectivity index (χ3n) is 3.66. The first kappa shape index (κ1) is 14.2. The van der Waals surface area contributed by atoms with Crippen LogP contribution in [0.15, 0.2) is 18.2 Å². The van der Waals surface area contributed by atoms with Gasteiger partial charge in [-0.2, -0.15) is 0 Å². The van der Waals surface area contributed by atoms with Crippen molar-refractivity contribution in [1.82, 2.24) is 4.90 Å². The van der Waals surface area contributed by atoms with E-state index in [1.54, 1.807) is 13.0 Å². The highest BCUT2D eigenvalue weighted by molar-refractivity contribution is 5.99. The molecule has 0 bridgehead atoms. The summed E-state index contributed by atoms with van der Waals surface area (Å²) in [5.41, 5.74) is 0.0599. The SMILES string of the molecule is COc1cccc(C(=O)N2CCC(C)C2C(=O)O)c1O. The van der Waals surface area contributed by atoms with Crippen molar-refractivity contribution in [1.29, 1.82) is 0 Å². The summed E-state index contributed by atoms with van der Waals surface area (Å²) in [5.74, 6) is -1.69. The van der Waals surface area contributed by atoms with Gasteiger partial charge in [0.25, 0.3) is 5.91 Å². The third-order valence-corrected chi connectivity index (χ3v) is 3.66. The molecule has 1 fully saturated rings. The number of phenols is 1. The number of hydrogen-bond acceptors (Lipinski definition) is 4. The lowest BCUT2D eigenvalue weighted by Gasteiger charge is -2.24. The smallest absolute Gasteiger partial charge is 0.326 e. The van der Waals surface area contributed by atoms with Crippen LogP contribution >= 0.6 is 0 Å². The van der Waals surface area contributed by atoms with Gasteiger partial charge in [-0.25, -0.2) is 4.79 Å². The fraction of sp³-hybridized carbons (Fsp3) is 0.429. The molecular formula is C14H17NO5. The molecule has 20 heavy (non-hydrogen) atoms. The molecule has 1 aliphatic heterocycles. The van der Waals surface area contributed by atoms with E-state index in [0.29, 0.717) is 13.0 Å². The van der Waals surface area contributed by atoms with Crippen molar-refractivity contribution in [3.05, 3.63) is 23.8 Å². The largest absolute Gasteiger partial charge is 0.504 e. The molecule has 2 N–H and O–H groups in total. The summed E-state index contributed by atoms with van der Waals surface area (Å²) in [4.78, 5) is 25.0. The van der Waals surface area contributed by atoms with Crippen molar-refractivity contribution >= 4 is 11.9 Å². The van der Waals surface area contributed by atoms with Crippen LogP contribution in [0.1, 0.15) is 23.7 Å². The number of methoxy groups -OCH3 is 1. The number of rotatable bonds is 3. The van der Waals surface area contributed by atoms with Crippen molar-refractivity contribution in [2.45, 2.75) is 19.4 Å². The van der Waals surface area contributed by atoms with E-state index in [2.05, 4.69) is 0 Å². The second-order valence-electron chi connectivity index (χ2n) is 4.90. The molecule has 1 aliphatic rings. The van der Waals surface area contributed by atoms with Crippen LogP contribution in [-0.4, -0.2) is 46.7 Å². The van der Waals surface area contributed by atoms with Gasteiger partial charge < -0.3 is 19.8 Å². The van der Waals surface area contributed by atoms with Crippen molar-refractivity contribution in [2.24, 2.45) is 5.92 Å². The molecule has 6 nitrogen and oxygen atoms in total. The number of aromatic hydroxyl groups is 1. The predicted octanol–water partition coefficient (Wildman–Crippen LogP) is 1.34. The monoisotopic (exact) mass is 279 g/mol. The van der Waals surface area contributed by atoms with Crippen molar-refractivity contribution in [3.8, 4) is 11.5 Å². The van der Waals surface area contributed by atoms with Gasteiger partial charge in [0.15, 0.2) is 11.5 Å². The Morgan fingerprint density at radius 3 is 2.70 bits per heavy atom. The molecule has 2 rings (SSSR count). The third kappa shape index (κ3) is 2.29. The number of hydrogen-bond donors (Lipinski definition) is 2. The molecule has 1 aromatic carbocycles. The molecule has 2 atom stereocenters. The standard InChI is InChI=1S/C14H17NO5/c1-8-6-7-15(11(8)14(18)19)13(17)9-4-3-5-10(20-2)12(9)16/h3-5,8,11,16H,6-7H2,1-2H3,(H,18,19). The van der Waals surface area contributed by atoms with E-state index in [9.17, 15) is 19.8 Å². The average molecular weight is 279 g/mol. The lowest BCUT2D eigenvalue weighted by Crippen LogP contribution is -2.42. The molecule has 2 unspecified atom stereocenters. The second-order valence-corrected chi connectivity index (χ2v) is 4.90. The number of benzene rings is 1. The molecule has 1 heterocycles. The van der Waals surface area contributed by atoms with Crippen molar-refractivity contribution in [2.75, 3.05) is 13.7 Å². The Balaban J connectivity index is 2.34. The Hall–Kier alpha value is -2.24. The Bertz CT molecular complexity index is 542. The van der Waals surface area contributed by atoms with E-state index in [4.69, 9.17) is 4.74 Å². The minimum Gasteiger partial charge on any atom is -0.504 e.